The summed E-state index contributed by atoms with van der Waals surface area (Å²) >= 11 is 0. The number of hydrogen-bond donors (Lipinski definition) is 0. The predicted octanol–water partition coefficient (Wildman–Crippen LogP) is 18.9. The molecule has 2 unspecified atom stereocenters. The molecule has 0 aliphatic rings. The largest absolute Gasteiger partial charge is 0.459 e. The average molecular weight is 871 g/mol. The highest BCUT2D eigenvalue weighted by atomic mass is 16.5. The van der Waals surface area contributed by atoms with Crippen LogP contribution in [0.3, 0.4) is 0 Å². The number of carbonyl (C=O) groups is 1. The topological polar surface area (TPSA) is 35.1 Å². The van der Waals surface area contributed by atoms with Crippen LogP contribution in [0.25, 0.3) is 0 Å². The third-order valence-corrected chi connectivity index (χ3v) is 14.2. The number of ether oxygens (including phenoxy) is 1. The molecule has 0 aliphatic heterocycles. The molecule has 0 spiro atoms. The Hall–Kier alpha value is -1.32. The Balaban J connectivity index is 2.44. The Labute approximate surface area is 390 Å². The van der Waals surface area contributed by atoms with E-state index in [2.05, 4.69) is 34.6 Å². The van der Waals surface area contributed by atoms with Gasteiger partial charge < -0.3 is 4.74 Å². The molecular weight excluding hydrogens is 757 g/mol. The van der Waals surface area contributed by atoms with Crippen molar-refractivity contribution in [1.82, 2.24) is 4.57 Å². The summed E-state index contributed by atoms with van der Waals surface area (Å²) in [6, 6.07) is 0. The number of aromatic nitrogens is 2. The van der Waals surface area contributed by atoms with Gasteiger partial charge in [-0.2, -0.15) is 0 Å². The maximum atomic E-state index is 13.1. The second-order valence-corrected chi connectivity index (χ2v) is 21.2. The van der Waals surface area contributed by atoms with Crippen molar-refractivity contribution < 1.29 is 14.1 Å². The van der Waals surface area contributed by atoms with Gasteiger partial charge in [0.2, 0.25) is 6.33 Å². The second-order valence-electron chi connectivity index (χ2n) is 21.2. The number of hydrogen-bond acceptors (Lipinski definition) is 2. The van der Waals surface area contributed by atoms with Crippen molar-refractivity contribution in [2.75, 3.05) is 0 Å². The smallest absolute Gasteiger partial charge is 0.348 e. The van der Waals surface area contributed by atoms with E-state index < -0.39 is 0 Å². The van der Waals surface area contributed by atoms with Crippen LogP contribution in [0.15, 0.2) is 18.7 Å². The zero-order chi connectivity index (χ0) is 45.0. The number of imidazole rings is 1. The number of esters is 1. The van der Waals surface area contributed by atoms with Gasteiger partial charge >= 0.3 is 5.97 Å². The van der Waals surface area contributed by atoms with Crippen LogP contribution in [0.5, 0.6) is 0 Å². The molecule has 0 amide bonds. The first-order valence-electron chi connectivity index (χ1n) is 28.5. The van der Waals surface area contributed by atoms with Crippen molar-refractivity contribution in [3.05, 3.63) is 18.7 Å². The number of rotatable bonds is 49. The lowest BCUT2D eigenvalue weighted by atomic mass is 9.89. The lowest BCUT2D eigenvalue weighted by Crippen LogP contribution is -2.26. The molecule has 0 aliphatic carbocycles. The summed E-state index contributed by atoms with van der Waals surface area (Å²) in [4.78, 5) is 13.1. The van der Waals surface area contributed by atoms with E-state index in [1.54, 1.807) is 0 Å². The van der Waals surface area contributed by atoms with E-state index in [4.69, 9.17) is 4.74 Å². The van der Waals surface area contributed by atoms with Gasteiger partial charge in [-0.05, 0) is 43.4 Å². The van der Waals surface area contributed by atoms with Crippen LogP contribution < -0.4 is 4.57 Å². The Morgan fingerprint density at radius 1 is 0.452 bits per heavy atom. The first kappa shape index (κ1) is 58.7. The maximum absolute atomic E-state index is 13.1. The van der Waals surface area contributed by atoms with Crippen LogP contribution in [-0.2, 0) is 23.1 Å². The SMILES string of the molecule is CCCCCCCCCCCCCCCCCCC(CCCCCCCCCCCCCCCCCC)CCCCC(CCC(C)CCCC(C)C)OC(=O)Cn1cc[n+](C)c1. The molecule has 1 rings (SSSR count). The van der Waals surface area contributed by atoms with E-state index in [0.29, 0.717) is 12.5 Å². The van der Waals surface area contributed by atoms with Gasteiger partial charge in [-0.25, -0.2) is 13.9 Å². The summed E-state index contributed by atoms with van der Waals surface area (Å²) in [5.74, 6) is 2.28. The molecule has 0 bridgehead atoms. The molecule has 0 saturated heterocycles. The lowest BCUT2D eigenvalue weighted by Gasteiger charge is -2.21. The van der Waals surface area contributed by atoms with Gasteiger partial charge in [0, 0.05) is 0 Å². The predicted molar refractivity (Wildman–Crippen MR) is 273 cm³/mol. The molecule has 62 heavy (non-hydrogen) atoms. The Bertz CT molecular complexity index is 1010. The number of carbonyl (C=O) groups excluding carboxylic acids is 1. The van der Waals surface area contributed by atoms with E-state index >= 15 is 0 Å². The third-order valence-electron chi connectivity index (χ3n) is 14.2. The van der Waals surface area contributed by atoms with E-state index in [-0.39, 0.29) is 12.1 Å². The van der Waals surface area contributed by atoms with Crippen LogP contribution in [0.1, 0.15) is 311 Å². The fraction of sp³-hybridized carbons (Fsp3) is 0.931. The van der Waals surface area contributed by atoms with Gasteiger partial charge in [0.05, 0.1) is 7.05 Å². The third kappa shape index (κ3) is 40.2. The normalized spacial score (nSPS) is 12.8. The fourth-order valence-electron chi connectivity index (χ4n) is 9.92. The average Bonchev–Trinajstić information content (AvgIpc) is 3.66. The molecular formula is C58H113N2O2+. The van der Waals surface area contributed by atoms with E-state index in [1.807, 2.05) is 34.9 Å². The van der Waals surface area contributed by atoms with Crippen LogP contribution in [-0.4, -0.2) is 16.6 Å². The second kappa shape index (κ2) is 44.9. The molecule has 366 valence electrons. The molecule has 0 saturated carbocycles. The summed E-state index contributed by atoms with van der Waals surface area (Å²) in [5.41, 5.74) is 0. The standard InChI is InChI=1S/C58H113N2O2/c1-7-9-11-13-15-17-19-21-23-25-27-29-31-33-35-37-44-56(45-38-36-34-32-30-28-26-24-22-20-18-16-14-12-10-8-2)46-39-40-47-57(49-48-55(5)43-41-42-54(3)4)62-58(61)52-60-51-50-59(6)53-60/h50-51,53-57H,7-49,52H2,1-6H3/q+1. The van der Waals surface area contributed by atoms with Crippen molar-refractivity contribution in [2.24, 2.45) is 24.8 Å². The molecule has 0 aromatic carbocycles. The van der Waals surface area contributed by atoms with Crippen LogP contribution in [0.4, 0.5) is 0 Å². The number of aryl methyl sites for hydroxylation is 1. The Morgan fingerprint density at radius 3 is 1.19 bits per heavy atom. The number of nitrogens with zero attached hydrogens (tertiary/aromatic N) is 2. The highest BCUT2D eigenvalue weighted by molar-refractivity contribution is 5.69. The molecule has 1 aromatic heterocycles. The summed E-state index contributed by atoms with van der Waals surface area (Å²) in [5, 5.41) is 0. The molecule has 0 N–H and O–H groups in total. The van der Waals surface area contributed by atoms with Gasteiger partial charge in [-0.15, -0.1) is 0 Å². The minimum Gasteiger partial charge on any atom is -0.459 e. The molecule has 1 aromatic rings. The zero-order valence-electron chi connectivity index (χ0n) is 43.4. The quantitative estimate of drug-likeness (QED) is 0.0371. The zero-order valence-corrected chi connectivity index (χ0v) is 43.4. The molecule has 0 radical (unpaired) electrons. The van der Waals surface area contributed by atoms with Crippen LogP contribution in [0, 0.1) is 17.8 Å². The van der Waals surface area contributed by atoms with Crippen molar-refractivity contribution in [1.29, 1.82) is 0 Å². The number of unbranched alkanes of at least 4 members (excludes halogenated alkanes) is 31. The van der Waals surface area contributed by atoms with Crippen molar-refractivity contribution in [2.45, 2.75) is 323 Å². The summed E-state index contributed by atoms with van der Waals surface area (Å²) in [6.45, 7) is 12.0. The minimum atomic E-state index is -0.0801. The summed E-state index contributed by atoms with van der Waals surface area (Å²) < 4.78 is 10.1. The minimum absolute atomic E-state index is 0.0541. The van der Waals surface area contributed by atoms with Crippen molar-refractivity contribution in [3.8, 4) is 0 Å². The Morgan fingerprint density at radius 2 is 0.823 bits per heavy atom. The van der Waals surface area contributed by atoms with Gasteiger partial charge in [-0.1, -0.05) is 285 Å². The van der Waals surface area contributed by atoms with Gasteiger partial charge in [0.1, 0.15) is 18.5 Å². The summed E-state index contributed by atoms with van der Waals surface area (Å²) in [7, 11) is 2.00. The van der Waals surface area contributed by atoms with Crippen LogP contribution >= 0.6 is 0 Å². The molecule has 0 fully saturated rings. The van der Waals surface area contributed by atoms with E-state index in [0.717, 1.165) is 31.1 Å². The van der Waals surface area contributed by atoms with Crippen LogP contribution in [0.2, 0.25) is 0 Å². The highest BCUT2D eigenvalue weighted by Crippen LogP contribution is 2.27. The molecule has 1 heterocycles. The molecule has 4 heteroatoms. The van der Waals surface area contributed by atoms with Gasteiger partial charge in [0.15, 0.2) is 6.54 Å². The monoisotopic (exact) mass is 870 g/mol. The first-order chi connectivity index (χ1) is 30.3. The fourth-order valence-corrected chi connectivity index (χ4v) is 9.92. The van der Waals surface area contributed by atoms with E-state index in [9.17, 15) is 4.79 Å². The van der Waals surface area contributed by atoms with Crippen molar-refractivity contribution in [3.63, 3.8) is 0 Å². The van der Waals surface area contributed by atoms with E-state index in [1.165, 1.54) is 257 Å². The molecule has 2 atom stereocenters. The highest BCUT2D eigenvalue weighted by Gasteiger charge is 2.19. The van der Waals surface area contributed by atoms with Crippen molar-refractivity contribution >= 4 is 5.97 Å². The summed E-state index contributed by atoms with van der Waals surface area (Å²) in [6.07, 6.45) is 66.0. The van der Waals surface area contributed by atoms with Gasteiger partial charge in [-0.3, -0.25) is 0 Å². The molecule has 4 nitrogen and oxygen atoms in total. The van der Waals surface area contributed by atoms with Gasteiger partial charge in [0.25, 0.3) is 0 Å². The first-order valence-corrected chi connectivity index (χ1v) is 28.5. The Kier molecular flexibility index (Phi) is 42.5. The lowest BCUT2D eigenvalue weighted by molar-refractivity contribution is -0.671. The maximum Gasteiger partial charge on any atom is 0.348 e.